The largest absolute Gasteiger partial charge is 0.507 e. The number of hydrogen-bond donors (Lipinski definition) is 3. The molecule has 0 aliphatic rings. The number of nitrogens with one attached hydrogen (secondary N) is 1. The number of nitriles is 1. The number of hydrogen-bond acceptors (Lipinski definition) is 4. The van der Waals surface area contributed by atoms with Crippen LogP contribution in [0.2, 0.25) is 0 Å². The van der Waals surface area contributed by atoms with Crippen molar-refractivity contribution in [2.45, 2.75) is 5.92 Å². The van der Waals surface area contributed by atoms with E-state index in [0.29, 0.717) is 5.69 Å². The van der Waals surface area contributed by atoms with Crippen LogP contribution in [0.25, 0.3) is 0 Å². The van der Waals surface area contributed by atoms with E-state index in [1.54, 1.807) is 24.3 Å². The summed E-state index contributed by atoms with van der Waals surface area (Å²) in [6, 6.07) is 22.7. The molecule has 0 radical (unpaired) electrons. The zero-order chi connectivity index (χ0) is 18.5. The van der Waals surface area contributed by atoms with Gasteiger partial charge in [-0.3, -0.25) is 4.79 Å². The van der Waals surface area contributed by atoms with E-state index >= 15 is 0 Å². The van der Waals surface area contributed by atoms with Crippen LogP contribution in [-0.2, 0) is 0 Å². The second kappa shape index (κ2) is 7.41. The molecule has 1 amide bonds. The molecular formula is C21H16N2O3. The summed E-state index contributed by atoms with van der Waals surface area (Å²) in [6.07, 6.45) is 0. The van der Waals surface area contributed by atoms with Crippen molar-refractivity contribution < 1.29 is 15.0 Å². The van der Waals surface area contributed by atoms with E-state index in [0.717, 1.165) is 11.1 Å². The number of phenols is 2. The summed E-state index contributed by atoms with van der Waals surface area (Å²) in [6.45, 7) is 0. The lowest BCUT2D eigenvalue weighted by Gasteiger charge is -2.12. The van der Waals surface area contributed by atoms with Crippen LogP contribution in [0.5, 0.6) is 11.5 Å². The molecule has 0 aliphatic carbocycles. The Balaban J connectivity index is 1.80. The molecule has 5 heteroatoms. The highest BCUT2D eigenvalue weighted by Crippen LogP contribution is 2.28. The molecule has 3 aromatic carbocycles. The van der Waals surface area contributed by atoms with Crippen LogP contribution in [0.15, 0.2) is 72.8 Å². The van der Waals surface area contributed by atoms with Crippen molar-refractivity contribution in [2.24, 2.45) is 0 Å². The third-order valence-corrected chi connectivity index (χ3v) is 4.01. The SMILES string of the molecule is N#CC(c1ccccc1)c1ccc(NC(=O)c2c(O)cccc2O)cc1. The van der Waals surface area contributed by atoms with Gasteiger partial charge in [-0.25, -0.2) is 0 Å². The summed E-state index contributed by atoms with van der Waals surface area (Å²) in [5.41, 5.74) is 2.01. The van der Waals surface area contributed by atoms with Crippen LogP contribution >= 0.6 is 0 Å². The molecule has 3 rings (SSSR count). The smallest absolute Gasteiger partial charge is 0.263 e. The topological polar surface area (TPSA) is 93.4 Å². The van der Waals surface area contributed by atoms with E-state index in [1.807, 2.05) is 30.3 Å². The van der Waals surface area contributed by atoms with Gasteiger partial charge >= 0.3 is 0 Å². The predicted octanol–water partition coefficient (Wildman–Crippen LogP) is 4.01. The molecule has 3 aromatic rings. The Kier molecular flexibility index (Phi) is 4.86. The Morgan fingerprint density at radius 3 is 2.00 bits per heavy atom. The number of phenolic OH excluding ortho intramolecular Hbond substituents is 2. The molecule has 5 nitrogen and oxygen atoms in total. The zero-order valence-electron chi connectivity index (χ0n) is 13.8. The summed E-state index contributed by atoms with van der Waals surface area (Å²) in [5, 5.41) is 31.6. The maximum Gasteiger partial charge on any atom is 0.263 e. The molecule has 0 spiro atoms. The summed E-state index contributed by atoms with van der Waals surface area (Å²) >= 11 is 0. The van der Waals surface area contributed by atoms with Gasteiger partial charge in [0.2, 0.25) is 0 Å². The van der Waals surface area contributed by atoms with Gasteiger partial charge in [-0.15, -0.1) is 0 Å². The number of carbonyl (C=O) groups is 1. The van der Waals surface area contributed by atoms with Gasteiger partial charge in [0.15, 0.2) is 0 Å². The quantitative estimate of drug-likeness (QED) is 0.667. The average molecular weight is 344 g/mol. The van der Waals surface area contributed by atoms with Crippen molar-refractivity contribution in [2.75, 3.05) is 5.32 Å². The van der Waals surface area contributed by atoms with Crippen LogP contribution in [-0.4, -0.2) is 16.1 Å². The van der Waals surface area contributed by atoms with E-state index in [1.165, 1.54) is 18.2 Å². The summed E-state index contributed by atoms with van der Waals surface area (Å²) in [7, 11) is 0. The second-order valence-corrected chi connectivity index (χ2v) is 5.72. The van der Waals surface area contributed by atoms with Crippen molar-refractivity contribution in [3.05, 3.63) is 89.5 Å². The number of aromatic hydroxyl groups is 2. The number of amides is 1. The first-order chi connectivity index (χ1) is 12.6. The fourth-order valence-corrected chi connectivity index (χ4v) is 2.70. The van der Waals surface area contributed by atoms with Crippen molar-refractivity contribution in [1.29, 1.82) is 5.26 Å². The Bertz CT molecular complexity index is 941. The monoisotopic (exact) mass is 344 g/mol. The van der Waals surface area contributed by atoms with Crippen LogP contribution in [0.3, 0.4) is 0 Å². The summed E-state index contributed by atoms with van der Waals surface area (Å²) in [5.74, 6) is -1.61. The minimum atomic E-state index is -0.617. The van der Waals surface area contributed by atoms with E-state index in [-0.39, 0.29) is 17.1 Å². The van der Waals surface area contributed by atoms with E-state index < -0.39 is 11.8 Å². The van der Waals surface area contributed by atoms with E-state index in [9.17, 15) is 20.3 Å². The minimum absolute atomic E-state index is 0.184. The van der Waals surface area contributed by atoms with Crippen LogP contribution in [0.1, 0.15) is 27.4 Å². The average Bonchev–Trinajstić information content (AvgIpc) is 2.64. The Labute approximate surface area is 150 Å². The van der Waals surface area contributed by atoms with Crippen LogP contribution < -0.4 is 5.32 Å². The second-order valence-electron chi connectivity index (χ2n) is 5.72. The van der Waals surface area contributed by atoms with Crippen molar-refractivity contribution in [1.82, 2.24) is 0 Å². The minimum Gasteiger partial charge on any atom is -0.507 e. The van der Waals surface area contributed by atoms with Gasteiger partial charge in [0.25, 0.3) is 5.91 Å². The molecule has 0 aromatic heterocycles. The third kappa shape index (κ3) is 3.50. The molecule has 128 valence electrons. The molecule has 26 heavy (non-hydrogen) atoms. The molecular weight excluding hydrogens is 328 g/mol. The lowest BCUT2D eigenvalue weighted by Crippen LogP contribution is -2.12. The van der Waals surface area contributed by atoms with Crippen molar-refractivity contribution >= 4 is 11.6 Å². The van der Waals surface area contributed by atoms with Crippen molar-refractivity contribution in [3.63, 3.8) is 0 Å². The van der Waals surface area contributed by atoms with Gasteiger partial charge in [0, 0.05) is 5.69 Å². The maximum absolute atomic E-state index is 12.3. The maximum atomic E-state index is 12.3. The number of benzene rings is 3. The summed E-state index contributed by atoms with van der Waals surface area (Å²) in [4.78, 5) is 12.3. The van der Waals surface area contributed by atoms with Gasteiger partial charge in [-0.2, -0.15) is 5.26 Å². The number of nitrogens with zero attached hydrogens (tertiary/aromatic N) is 1. The van der Waals surface area contributed by atoms with Gasteiger partial charge in [0.1, 0.15) is 17.1 Å². The van der Waals surface area contributed by atoms with Gasteiger partial charge in [-0.05, 0) is 35.4 Å². The fourth-order valence-electron chi connectivity index (χ4n) is 2.70. The third-order valence-electron chi connectivity index (χ3n) is 4.01. The highest BCUT2D eigenvalue weighted by Gasteiger charge is 2.17. The van der Waals surface area contributed by atoms with Gasteiger partial charge in [-0.1, -0.05) is 48.5 Å². The first-order valence-corrected chi connectivity index (χ1v) is 7.97. The number of carbonyl (C=O) groups excluding carboxylic acids is 1. The molecule has 0 saturated heterocycles. The predicted molar refractivity (Wildman–Crippen MR) is 98.1 cm³/mol. The lowest BCUT2D eigenvalue weighted by atomic mass is 9.92. The Morgan fingerprint density at radius 1 is 0.846 bits per heavy atom. The molecule has 0 bridgehead atoms. The lowest BCUT2D eigenvalue weighted by molar-refractivity contribution is 0.102. The standard InChI is InChI=1S/C21H16N2O3/c22-13-17(14-5-2-1-3-6-14)15-9-11-16(12-10-15)23-21(26)20-18(24)7-4-8-19(20)25/h1-12,17,24-25H,(H,23,26). The normalized spacial score (nSPS) is 11.3. The number of rotatable bonds is 4. The van der Waals surface area contributed by atoms with Crippen molar-refractivity contribution in [3.8, 4) is 17.6 Å². The molecule has 3 N–H and O–H groups in total. The molecule has 1 atom stereocenters. The summed E-state index contributed by atoms with van der Waals surface area (Å²) < 4.78 is 0. The Hall–Kier alpha value is -3.78. The molecule has 1 unspecified atom stereocenters. The van der Waals surface area contributed by atoms with Gasteiger partial charge < -0.3 is 15.5 Å². The first kappa shape index (κ1) is 17.1. The zero-order valence-corrected chi connectivity index (χ0v) is 13.8. The number of anilines is 1. The molecule has 0 fully saturated rings. The Morgan fingerprint density at radius 2 is 1.42 bits per heavy atom. The first-order valence-electron chi connectivity index (χ1n) is 7.97. The van der Waals surface area contributed by atoms with Crippen LogP contribution in [0.4, 0.5) is 5.69 Å². The van der Waals surface area contributed by atoms with Gasteiger partial charge in [0.05, 0.1) is 12.0 Å². The molecule has 0 saturated carbocycles. The highest BCUT2D eigenvalue weighted by molar-refractivity contribution is 6.08. The van der Waals surface area contributed by atoms with E-state index in [4.69, 9.17) is 0 Å². The van der Waals surface area contributed by atoms with E-state index in [2.05, 4.69) is 11.4 Å². The highest BCUT2D eigenvalue weighted by atomic mass is 16.3. The molecule has 0 aliphatic heterocycles. The molecule has 0 heterocycles. The fraction of sp³-hybridized carbons (Fsp3) is 0.0476. The van der Waals surface area contributed by atoms with Crippen LogP contribution in [0, 0.1) is 11.3 Å².